The summed E-state index contributed by atoms with van der Waals surface area (Å²) >= 11 is 0. The lowest BCUT2D eigenvalue weighted by Crippen LogP contribution is -2.34. The van der Waals surface area contributed by atoms with E-state index in [0.717, 1.165) is 22.4 Å². The molecule has 0 heterocycles. The molecule has 0 unspecified atom stereocenters. The van der Waals surface area contributed by atoms with Gasteiger partial charge >= 0.3 is 0 Å². The minimum Gasteiger partial charge on any atom is -0.493 e. The lowest BCUT2D eigenvalue weighted by Gasteiger charge is -2.16. The molecule has 0 atom stereocenters. The van der Waals surface area contributed by atoms with Crippen molar-refractivity contribution in [2.75, 3.05) is 32.6 Å². The highest BCUT2D eigenvalue weighted by Gasteiger charge is 2.13. The van der Waals surface area contributed by atoms with Crippen molar-refractivity contribution in [3.8, 4) is 17.6 Å². The number of anilines is 1. The number of nitrogens with zero attached hydrogens (tertiary/aromatic N) is 2. The van der Waals surface area contributed by atoms with Crippen LogP contribution in [0.2, 0.25) is 0 Å². The van der Waals surface area contributed by atoms with Crippen LogP contribution >= 0.6 is 0 Å². The van der Waals surface area contributed by atoms with Crippen LogP contribution in [0.5, 0.6) is 11.5 Å². The average molecular weight is 407 g/mol. The number of hydrogen-bond donors (Lipinski definition) is 1. The fourth-order valence-electron chi connectivity index (χ4n) is 2.80. The normalized spacial score (nSPS) is 10.4. The largest absolute Gasteiger partial charge is 0.493 e. The molecule has 0 spiro atoms. The van der Waals surface area contributed by atoms with E-state index in [-0.39, 0.29) is 25.0 Å². The van der Waals surface area contributed by atoms with Gasteiger partial charge in [-0.2, -0.15) is 5.26 Å². The second-order valence-corrected chi connectivity index (χ2v) is 6.70. The number of methoxy groups -OCH3 is 1. The third kappa shape index (κ3) is 6.11. The van der Waals surface area contributed by atoms with Crippen molar-refractivity contribution in [2.45, 2.75) is 13.8 Å². The fraction of sp³-hybridized carbons (Fsp3) is 0.261. The van der Waals surface area contributed by atoms with E-state index in [2.05, 4.69) is 5.32 Å². The molecule has 0 aromatic heterocycles. The summed E-state index contributed by atoms with van der Waals surface area (Å²) in [6.45, 7) is 3.69. The van der Waals surface area contributed by atoms with Crippen LogP contribution in [0, 0.1) is 25.2 Å². The first kappa shape index (κ1) is 22.5. The van der Waals surface area contributed by atoms with Crippen LogP contribution in [0.3, 0.4) is 0 Å². The number of para-hydroxylation sites is 1. The maximum Gasteiger partial charge on any atom is 0.246 e. The predicted octanol–water partition coefficient (Wildman–Crippen LogP) is 3.32. The summed E-state index contributed by atoms with van der Waals surface area (Å²) in [6.07, 6.45) is 3.01. The van der Waals surface area contributed by atoms with E-state index >= 15 is 0 Å². The van der Waals surface area contributed by atoms with Gasteiger partial charge in [-0.05, 0) is 48.7 Å². The van der Waals surface area contributed by atoms with E-state index < -0.39 is 0 Å². The number of benzene rings is 2. The van der Waals surface area contributed by atoms with Crippen LogP contribution < -0.4 is 14.8 Å². The summed E-state index contributed by atoms with van der Waals surface area (Å²) in [5, 5.41) is 11.5. The summed E-state index contributed by atoms with van der Waals surface area (Å²) in [7, 11) is 3.06. The van der Waals surface area contributed by atoms with Gasteiger partial charge in [0.25, 0.3) is 0 Å². The number of ether oxygens (including phenoxy) is 2. The number of rotatable bonds is 8. The Morgan fingerprint density at radius 3 is 2.50 bits per heavy atom. The Labute approximate surface area is 176 Å². The predicted molar refractivity (Wildman–Crippen MR) is 115 cm³/mol. The molecule has 1 N–H and O–H groups in total. The molecule has 0 saturated heterocycles. The van der Waals surface area contributed by atoms with Gasteiger partial charge < -0.3 is 19.7 Å². The molecule has 156 valence electrons. The van der Waals surface area contributed by atoms with E-state index in [0.29, 0.717) is 11.5 Å². The van der Waals surface area contributed by atoms with Crippen LogP contribution in [0.15, 0.2) is 42.5 Å². The average Bonchev–Trinajstić information content (AvgIpc) is 2.73. The second kappa shape index (κ2) is 10.7. The van der Waals surface area contributed by atoms with E-state index in [4.69, 9.17) is 14.7 Å². The molecule has 7 heteroatoms. The SMILES string of the molecule is COc1cc(/C=C/C(=O)N(C)CC(=O)Nc2c(C)cccc2C)ccc1OCC#N. The van der Waals surface area contributed by atoms with Crippen molar-refractivity contribution in [1.82, 2.24) is 4.90 Å². The van der Waals surface area contributed by atoms with E-state index in [1.165, 1.54) is 18.1 Å². The van der Waals surface area contributed by atoms with Gasteiger partial charge in [-0.1, -0.05) is 24.3 Å². The van der Waals surface area contributed by atoms with Gasteiger partial charge in [-0.3, -0.25) is 9.59 Å². The molecule has 7 nitrogen and oxygen atoms in total. The number of nitriles is 1. The molecular weight excluding hydrogens is 382 g/mol. The number of aryl methyl sites for hydroxylation is 2. The van der Waals surface area contributed by atoms with Gasteiger partial charge in [0.15, 0.2) is 18.1 Å². The molecule has 0 aliphatic heterocycles. The van der Waals surface area contributed by atoms with Gasteiger partial charge in [0.2, 0.25) is 11.8 Å². The molecule has 0 aliphatic rings. The van der Waals surface area contributed by atoms with Gasteiger partial charge in [0.05, 0.1) is 13.7 Å². The third-order valence-corrected chi connectivity index (χ3v) is 4.40. The van der Waals surface area contributed by atoms with Gasteiger partial charge in [-0.25, -0.2) is 0 Å². The molecule has 0 aliphatic carbocycles. The van der Waals surface area contributed by atoms with Crippen LogP contribution in [0.25, 0.3) is 6.08 Å². The maximum atomic E-state index is 12.4. The molecule has 2 amide bonds. The molecule has 0 fully saturated rings. The van der Waals surface area contributed by atoms with Crippen molar-refractivity contribution in [1.29, 1.82) is 5.26 Å². The van der Waals surface area contributed by atoms with Crippen LogP contribution in [-0.4, -0.2) is 44.0 Å². The summed E-state index contributed by atoms with van der Waals surface area (Å²) in [6, 6.07) is 12.8. The molecule has 30 heavy (non-hydrogen) atoms. The number of nitrogens with one attached hydrogen (secondary N) is 1. The van der Waals surface area contributed by atoms with Crippen molar-refractivity contribution < 1.29 is 19.1 Å². The molecular formula is C23H25N3O4. The van der Waals surface area contributed by atoms with Crippen LogP contribution in [0.4, 0.5) is 5.69 Å². The van der Waals surface area contributed by atoms with Crippen LogP contribution in [-0.2, 0) is 9.59 Å². The molecule has 2 aromatic carbocycles. The zero-order chi connectivity index (χ0) is 22.1. The van der Waals surface area contributed by atoms with Crippen molar-refractivity contribution in [2.24, 2.45) is 0 Å². The monoisotopic (exact) mass is 407 g/mol. The highest BCUT2D eigenvalue weighted by molar-refractivity contribution is 5.98. The third-order valence-electron chi connectivity index (χ3n) is 4.40. The molecule has 0 saturated carbocycles. The Balaban J connectivity index is 1.99. The summed E-state index contributed by atoms with van der Waals surface area (Å²) in [5.74, 6) is 0.330. The number of carbonyl (C=O) groups is 2. The van der Waals surface area contributed by atoms with Crippen molar-refractivity contribution in [3.63, 3.8) is 0 Å². The van der Waals surface area contributed by atoms with Gasteiger partial charge in [0.1, 0.15) is 6.07 Å². The highest BCUT2D eigenvalue weighted by atomic mass is 16.5. The van der Waals surface area contributed by atoms with Gasteiger partial charge in [0, 0.05) is 18.8 Å². The lowest BCUT2D eigenvalue weighted by atomic mass is 10.1. The highest BCUT2D eigenvalue weighted by Crippen LogP contribution is 2.28. The summed E-state index contributed by atoms with van der Waals surface area (Å²) in [5.41, 5.74) is 3.42. The first-order chi connectivity index (χ1) is 14.3. The summed E-state index contributed by atoms with van der Waals surface area (Å²) in [4.78, 5) is 26.0. The molecule has 0 bridgehead atoms. The Morgan fingerprint density at radius 2 is 1.87 bits per heavy atom. The number of hydrogen-bond acceptors (Lipinski definition) is 5. The zero-order valence-electron chi connectivity index (χ0n) is 17.6. The molecule has 2 aromatic rings. The Morgan fingerprint density at radius 1 is 1.17 bits per heavy atom. The lowest BCUT2D eigenvalue weighted by molar-refractivity contribution is -0.129. The Kier molecular flexibility index (Phi) is 8.00. The standard InChI is InChI=1S/C23H25N3O4/c1-16-6-5-7-17(2)23(16)25-21(27)15-26(3)22(28)11-9-18-8-10-19(30-13-12-24)20(14-18)29-4/h5-11,14H,13,15H2,1-4H3,(H,25,27)/b11-9+. The Hall–Kier alpha value is -3.79. The zero-order valence-corrected chi connectivity index (χ0v) is 17.6. The van der Waals surface area contributed by atoms with Crippen molar-refractivity contribution >= 4 is 23.6 Å². The van der Waals surface area contributed by atoms with E-state index in [1.54, 1.807) is 31.3 Å². The van der Waals surface area contributed by atoms with Gasteiger partial charge in [-0.15, -0.1) is 0 Å². The second-order valence-electron chi connectivity index (χ2n) is 6.70. The molecule has 2 rings (SSSR count). The van der Waals surface area contributed by atoms with E-state index in [1.807, 2.05) is 38.1 Å². The number of carbonyl (C=O) groups excluding carboxylic acids is 2. The quantitative estimate of drug-likeness (QED) is 0.678. The van der Waals surface area contributed by atoms with Crippen LogP contribution in [0.1, 0.15) is 16.7 Å². The van der Waals surface area contributed by atoms with Crippen molar-refractivity contribution in [3.05, 3.63) is 59.2 Å². The topological polar surface area (TPSA) is 91.7 Å². The first-order valence-electron chi connectivity index (χ1n) is 9.32. The van der Waals surface area contributed by atoms with E-state index in [9.17, 15) is 9.59 Å². The minimum atomic E-state index is -0.310. The maximum absolute atomic E-state index is 12.4. The minimum absolute atomic E-state index is 0.0682. The smallest absolute Gasteiger partial charge is 0.246 e. The fourth-order valence-corrected chi connectivity index (χ4v) is 2.80. The molecule has 0 radical (unpaired) electrons. The Bertz CT molecular complexity index is 972. The number of likely N-dealkylation sites (N-methyl/N-ethyl adjacent to an activating group) is 1. The summed E-state index contributed by atoms with van der Waals surface area (Å²) < 4.78 is 10.5. The first-order valence-corrected chi connectivity index (χ1v) is 9.32. The number of amides is 2.